The van der Waals surface area contributed by atoms with Crippen LogP contribution in [0.3, 0.4) is 0 Å². The summed E-state index contributed by atoms with van der Waals surface area (Å²) in [7, 11) is 0. The van der Waals surface area contributed by atoms with Crippen molar-refractivity contribution in [3.05, 3.63) is 64.8 Å². The molecule has 26 heavy (non-hydrogen) atoms. The average molecular weight is 344 g/mol. The summed E-state index contributed by atoms with van der Waals surface area (Å²) in [5, 5.41) is 1.05. The molecule has 2 aliphatic rings. The van der Waals surface area contributed by atoms with E-state index in [0.29, 0.717) is 18.4 Å². The molecule has 1 amide bonds. The first kappa shape index (κ1) is 15.4. The standard InChI is InChI=1S/C22H20N2O2/c1-13-4-6-17-15(10-13)12-19-22(3)9-8-20(25)24(22)18-7-5-14(2)11-16(18)21(26)23(17)19/h4-7,10-12H,8-9H2,1-3H3. The van der Waals surface area contributed by atoms with E-state index in [1.54, 1.807) is 0 Å². The Morgan fingerprint density at radius 3 is 2.50 bits per heavy atom. The Hall–Kier alpha value is -2.88. The van der Waals surface area contributed by atoms with Crippen molar-refractivity contribution in [1.82, 2.24) is 4.57 Å². The Morgan fingerprint density at radius 2 is 1.69 bits per heavy atom. The van der Waals surface area contributed by atoms with Crippen molar-refractivity contribution >= 4 is 28.4 Å². The molecular formula is C22H20N2O2. The number of fused-ring (bicyclic) bond motifs is 7. The van der Waals surface area contributed by atoms with E-state index in [1.807, 2.05) is 46.7 Å². The van der Waals surface area contributed by atoms with Gasteiger partial charge in [-0.15, -0.1) is 0 Å². The predicted octanol–water partition coefficient (Wildman–Crippen LogP) is 4.30. The van der Waals surface area contributed by atoms with Gasteiger partial charge in [-0.3, -0.25) is 14.2 Å². The number of benzene rings is 2. The second-order valence-corrected chi connectivity index (χ2v) is 7.76. The second kappa shape index (κ2) is 4.85. The largest absolute Gasteiger partial charge is 0.300 e. The van der Waals surface area contributed by atoms with Gasteiger partial charge < -0.3 is 4.90 Å². The van der Waals surface area contributed by atoms with Crippen molar-refractivity contribution in [2.45, 2.75) is 39.2 Å². The molecule has 130 valence electrons. The second-order valence-electron chi connectivity index (χ2n) is 7.76. The lowest BCUT2D eigenvalue weighted by atomic mass is 9.93. The SMILES string of the molecule is Cc1ccc2c(c1)C(=O)n1c(cc3cc(C)ccc31)C1(C)CCC(=O)N21. The lowest BCUT2D eigenvalue weighted by molar-refractivity contribution is -0.117. The summed E-state index contributed by atoms with van der Waals surface area (Å²) < 4.78 is 1.83. The highest BCUT2D eigenvalue weighted by molar-refractivity contribution is 6.12. The minimum atomic E-state index is -0.514. The molecule has 2 aliphatic heterocycles. The third kappa shape index (κ3) is 1.79. The molecule has 1 saturated heterocycles. The molecule has 0 radical (unpaired) electrons. The normalized spacial score (nSPS) is 21.6. The molecule has 1 fully saturated rings. The van der Waals surface area contributed by atoms with Crippen LogP contribution >= 0.6 is 0 Å². The van der Waals surface area contributed by atoms with E-state index in [1.165, 1.54) is 0 Å². The van der Waals surface area contributed by atoms with Gasteiger partial charge in [0.15, 0.2) is 0 Å². The van der Waals surface area contributed by atoms with Gasteiger partial charge in [0.05, 0.1) is 28.0 Å². The Kier molecular flexibility index (Phi) is 2.87. The molecule has 5 rings (SSSR count). The van der Waals surface area contributed by atoms with Gasteiger partial charge in [-0.2, -0.15) is 0 Å². The fraction of sp³-hybridized carbons (Fsp3) is 0.273. The minimum absolute atomic E-state index is 0.0546. The lowest BCUT2D eigenvalue weighted by Crippen LogP contribution is -2.41. The van der Waals surface area contributed by atoms with Crippen LogP contribution in [0.25, 0.3) is 10.9 Å². The van der Waals surface area contributed by atoms with Crippen LogP contribution in [0, 0.1) is 13.8 Å². The topological polar surface area (TPSA) is 42.3 Å². The monoisotopic (exact) mass is 344 g/mol. The van der Waals surface area contributed by atoms with Gasteiger partial charge >= 0.3 is 0 Å². The van der Waals surface area contributed by atoms with Crippen LogP contribution in [0.5, 0.6) is 0 Å². The summed E-state index contributed by atoms with van der Waals surface area (Å²) >= 11 is 0. The van der Waals surface area contributed by atoms with Gasteiger partial charge in [-0.05, 0) is 57.5 Å². The Bertz CT molecular complexity index is 1120. The van der Waals surface area contributed by atoms with Crippen LogP contribution in [0.1, 0.15) is 46.9 Å². The molecule has 0 saturated carbocycles. The molecule has 2 aromatic carbocycles. The molecule has 1 aromatic heterocycles. The molecule has 0 N–H and O–H groups in total. The van der Waals surface area contributed by atoms with Crippen LogP contribution in [0.2, 0.25) is 0 Å². The van der Waals surface area contributed by atoms with E-state index in [4.69, 9.17) is 0 Å². The Morgan fingerprint density at radius 1 is 0.962 bits per heavy atom. The van der Waals surface area contributed by atoms with Gasteiger partial charge in [0.1, 0.15) is 0 Å². The fourth-order valence-corrected chi connectivity index (χ4v) is 4.58. The number of aromatic nitrogens is 1. The number of carbonyl (C=O) groups excluding carboxylic acids is 2. The summed E-state index contributed by atoms with van der Waals surface area (Å²) in [4.78, 5) is 28.2. The summed E-state index contributed by atoms with van der Waals surface area (Å²) in [5.41, 5.74) is 4.80. The van der Waals surface area contributed by atoms with Gasteiger partial charge in [0.25, 0.3) is 5.91 Å². The summed E-state index contributed by atoms with van der Waals surface area (Å²) in [5.74, 6) is 0.0290. The van der Waals surface area contributed by atoms with Crippen LogP contribution in [0.4, 0.5) is 5.69 Å². The Labute approximate surface area is 152 Å². The average Bonchev–Trinajstić information content (AvgIpc) is 3.11. The van der Waals surface area contributed by atoms with Gasteiger partial charge in [-0.1, -0.05) is 23.3 Å². The molecule has 4 nitrogen and oxygen atoms in total. The van der Waals surface area contributed by atoms with Crippen LogP contribution in [0.15, 0.2) is 42.5 Å². The third-order valence-electron chi connectivity index (χ3n) is 5.90. The number of anilines is 1. The van der Waals surface area contributed by atoms with Crippen molar-refractivity contribution in [3.8, 4) is 0 Å². The smallest absolute Gasteiger partial charge is 0.264 e. The van der Waals surface area contributed by atoms with Crippen molar-refractivity contribution < 1.29 is 9.59 Å². The number of hydrogen-bond donors (Lipinski definition) is 0. The quantitative estimate of drug-likeness (QED) is 0.610. The zero-order valence-corrected chi connectivity index (χ0v) is 15.2. The number of carbonyl (C=O) groups is 2. The van der Waals surface area contributed by atoms with Crippen molar-refractivity contribution in [2.24, 2.45) is 0 Å². The lowest BCUT2D eigenvalue weighted by Gasteiger charge is -2.34. The van der Waals surface area contributed by atoms with Gasteiger partial charge in [-0.25, -0.2) is 0 Å². The molecule has 3 heterocycles. The van der Waals surface area contributed by atoms with Crippen LogP contribution in [-0.2, 0) is 10.3 Å². The molecule has 0 aliphatic carbocycles. The minimum Gasteiger partial charge on any atom is -0.300 e. The maximum Gasteiger partial charge on any atom is 0.264 e. The molecule has 0 spiro atoms. The highest BCUT2D eigenvalue weighted by atomic mass is 16.2. The van der Waals surface area contributed by atoms with E-state index < -0.39 is 5.54 Å². The van der Waals surface area contributed by atoms with E-state index in [0.717, 1.165) is 33.4 Å². The van der Waals surface area contributed by atoms with E-state index >= 15 is 0 Å². The maximum atomic E-state index is 13.5. The van der Waals surface area contributed by atoms with Crippen LogP contribution in [-0.4, -0.2) is 16.4 Å². The third-order valence-corrected chi connectivity index (χ3v) is 5.90. The molecule has 1 unspecified atom stereocenters. The summed E-state index contributed by atoms with van der Waals surface area (Å²) in [6, 6.07) is 14.0. The van der Waals surface area contributed by atoms with Crippen LogP contribution < -0.4 is 4.90 Å². The fourth-order valence-electron chi connectivity index (χ4n) is 4.58. The van der Waals surface area contributed by atoms with E-state index in [9.17, 15) is 9.59 Å². The maximum absolute atomic E-state index is 13.5. The number of rotatable bonds is 0. The number of aryl methyl sites for hydroxylation is 2. The molecule has 0 bridgehead atoms. The Balaban J connectivity index is 1.94. The number of hydrogen-bond acceptors (Lipinski definition) is 2. The highest BCUT2D eigenvalue weighted by Gasteiger charge is 2.49. The zero-order chi connectivity index (χ0) is 18.2. The molecule has 1 atom stereocenters. The first-order chi connectivity index (χ1) is 12.4. The predicted molar refractivity (Wildman–Crippen MR) is 102 cm³/mol. The molecular weight excluding hydrogens is 324 g/mol. The van der Waals surface area contributed by atoms with E-state index in [-0.39, 0.29) is 11.8 Å². The summed E-state index contributed by atoms with van der Waals surface area (Å²) in [6.45, 7) is 6.11. The van der Waals surface area contributed by atoms with Crippen molar-refractivity contribution in [3.63, 3.8) is 0 Å². The summed E-state index contributed by atoms with van der Waals surface area (Å²) in [6.07, 6.45) is 1.21. The first-order valence-corrected chi connectivity index (χ1v) is 9.01. The number of amides is 1. The number of nitrogens with zero attached hydrogens (tertiary/aromatic N) is 2. The highest BCUT2D eigenvalue weighted by Crippen LogP contribution is 2.47. The van der Waals surface area contributed by atoms with E-state index in [2.05, 4.69) is 26.0 Å². The van der Waals surface area contributed by atoms with Crippen molar-refractivity contribution in [1.29, 1.82) is 0 Å². The van der Waals surface area contributed by atoms with Gasteiger partial charge in [0.2, 0.25) is 5.91 Å². The zero-order valence-electron chi connectivity index (χ0n) is 15.2. The van der Waals surface area contributed by atoms with Crippen molar-refractivity contribution in [2.75, 3.05) is 4.90 Å². The molecule has 3 aromatic rings. The van der Waals surface area contributed by atoms with Gasteiger partial charge in [0, 0.05) is 11.8 Å². The molecule has 4 heteroatoms. The first-order valence-electron chi connectivity index (χ1n) is 9.01.